The van der Waals surface area contributed by atoms with E-state index in [-0.39, 0.29) is 0 Å². The van der Waals surface area contributed by atoms with E-state index in [4.69, 9.17) is 0 Å². The maximum Gasteiger partial charge on any atom is 0.0437 e. The SMILES string of the molecule is CCCC(C)Nc1cccc2ccncc12. The van der Waals surface area contributed by atoms with E-state index in [0.717, 1.165) is 0 Å². The first-order valence-corrected chi connectivity index (χ1v) is 5.90. The van der Waals surface area contributed by atoms with Crippen molar-refractivity contribution < 1.29 is 0 Å². The second kappa shape index (κ2) is 4.97. The minimum absolute atomic E-state index is 0.510. The van der Waals surface area contributed by atoms with Crippen LogP contribution in [0.5, 0.6) is 0 Å². The second-order valence-corrected chi connectivity index (χ2v) is 4.24. The number of hydrogen-bond acceptors (Lipinski definition) is 2. The van der Waals surface area contributed by atoms with Gasteiger partial charge in [-0.05, 0) is 30.9 Å². The van der Waals surface area contributed by atoms with Crippen molar-refractivity contribution in [3.05, 3.63) is 36.7 Å². The zero-order valence-corrected chi connectivity index (χ0v) is 9.90. The van der Waals surface area contributed by atoms with Crippen LogP contribution in [0.2, 0.25) is 0 Å². The lowest BCUT2D eigenvalue weighted by Crippen LogP contribution is -2.14. The summed E-state index contributed by atoms with van der Waals surface area (Å²) >= 11 is 0. The van der Waals surface area contributed by atoms with Crippen LogP contribution in [0.4, 0.5) is 5.69 Å². The van der Waals surface area contributed by atoms with E-state index in [1.807, 2.05) is 18.5 Å². The molecule has 0 radical (unpaired) electrons. The van der Waals surface area contributed by atoms with Crippen molar-refractivity contribution in [2.75, 3.05) is 5.32 Å². The van der Waals surface area contributed by atoms with Gasteiger partial charge in [-0.1, -0.05) is 25.5 Å². The molecule has 2 rings (SSSR count). The lowest BCUT2D eigenvalue weighted by atomic mass is 10.1. The maximum atomic E-state index is 4.19. The third kappa shape index (κ3) is 2.32. The summed E-state index contributed by atoms with van der Waals surface area (Å²) < 4.78 is 0. The van der Waals surface area contributed by atoms with Crippen molar-refractivity contribution in [1.29, 1.82) is 0 Å². The van der Waals surface area contributed by atoms with E-state index in [9.17, 15) is 0 Å². The molecular formula is C14H18N2. The smallest absolute Gasteiger partial charge is 0.0437 e. The number of pyridine rings is 1. The lowest BCUT2D eigenvalue weighted by Gasteiger charge is -2.15. The van der Waals surface area contributed by atoms with Crippen LogP contribution in [0.15, 0.2) is 36.7 Å². The van der Waals surface area contributed by atoms with Crippen LogP contribution in [0.3, 0.4) is 0 Å². The van der Waals surface area contributed by atoms with Crippen molar-refractivity contribution in [1.82, 2.24) is 4.98 Å². The quantitative estimate of drug-likeness (QED) is 0.836. The highest BCUT2D eigenvalue weighted by molar-refractivity contribution is 5.93. The first-order valence-electron chi connectivity index (χ1n) is 5.90. The molecule has 1 heterocycles. The van der Waals surface area contributed by atoms with Crippen LogP contribution in [0.25, 0.3) is 10.8 Å². The number of nitrogens with one attached hydrogen (secondary N) is 1. The Labute approximate surface area is 96.7 Å². The van der Waals surface area contributed by atoms with E-state index >= 15 is 0 Å². The Bertz CT molecular complexity index is 460. The van der Waals surface area contributed by atoms with Gasteiger partial charge in [0.15, 0.2) is 0 Å². The fourth-order valence-corrected chi connectivity index (χ4v) is 2.01. The molecule has 2 aromatic rings. The fourth-order valence-electron chi connectivity index (χ4n) is 2.01. The Morgan fingerprint density at radius 2 is 2.19 bits per heavy atom. The standard InChI is InChI=1S/C14H18N2/c1-3-5-11(2)16-14-7-4-6-12-8-9-15-10-13(12)14/h4,6-11,16H,3,5H2,1-2H3. The van der Waals surface area contributed by atoms with Crippen molar-refractivity contribution in [3.63, 3.8) is 0 Å². The summed E-state index contributed by atoms with van der Waals surface area (Å²) in [5.41, 5.74) is 1.19. The molecule has 0 spiro atoms. The van der Waals surface area contributed by atoms with Gasteiger partial charge in [0.1, 0.15) is 0 Å². The molecule has 2 heteroatoms. The van der Waals surface area contributed by atoms with E-state index in [2.05, 4.69) is 42.3 Å². The molecule has 0 bridgehead atoms. The van der Waals surface area contributed by atoms with Gasteiger partial charge < -0.3 is 5.32 Å². The van der Waals surface area contributed by atoms with E-state index in [1.165, 1.54) is 29.3 Å². The van der Waals surface area contributed by atoms with Gasteiger partial charge in [0.2, 0.25) is 0 Å². The predicted octanol–water partition coefficient (Wildman–Crippen LogP) is 3.84. The molecule has 0 saturated heterocycles. The number of hydrogen-bond donors (Lipinski definition) is 1. The molecule has 16 heavy (non-hydrogen) atoms. The zero-order chi connectivity index (χ0) is 11.4. The normalized spacial score (nSPS) is 12.6. The Balaban J connectivity index is 2.30. The van der Waals surface area contributed by atoms with Crippen molar-refractivity contribution in [2.24, 2.45) is 0 Å². The van der Waals surface area contributed by atoms with Gasteiger partial charge in [0.05, 0.1) is 0 Å². The first-order chi connectivity index (χ1) is 7.81. The minimum Gasteiger partial charge on any atom is -0.382 e. The summed E-state index contributed by atoms with van der Waals surface area (Å²) in [6.07, 6.45) is 6.16. The predicted molar refractivity (Wildman–Crippen MR) is 69.7 cm³/mol. The summed E-state index contributed by atoms with van der Waals surface area (Å²) in [4.78, 5) is 4.19. The molecule has 0 aliphatic carbocycles. The zero-order valence-electron chi connectivity index (χ0n) is 9.90. The van der Waals surface area contributed by atoms with Gasteiger partial charge in [-0.2, -0.15) is 0 Å². The summed E-state index contributed by atoms with van der Waals surface area (Å²) in [5, 5.41) is 5.99. The lowest BCUT2D eigenvalue weighted by molar-refractivity contribution is 0.691. The third-order valence-corrected chi connectivity index (χ3v) is 2.81. The third-order valence-electron chi connectivity index (χ3n) is 2.81. The highest BCUT2D eigenvalue weighted by atomic mass is 14.9. The Morgan fingerprint density at radius 1 is 1.31 bits per heavy atom. The number of nitrogens with zero attached hydrogens (tertiary/aromatic N) is 1. The molecule has 2 nitrogen and oxygen atoms in total. The fraction of sp³-hybridized carbons (Fsp3) is 0.357. The number of aromatic nitrogens is 1. The van der Waals surface area contributed by atoms with E-state index in [0.29, 0.717) is 6.04 Å². The topological polar surface area (TPSA) is 24.9 Å². The molecule has 84 valence electrons. The molecule has 1 unspecified atom stereocenters. The highest BCUT2D eigenvalue weighted by Gasteiger charge is 2.03. The van der Waals surface area contributed by atoms with Crippen molar-refractivity contribution >= 4 is 16.5 Å². The van der Waals surface area contributed by atoms with Crippen LogP contribution in [-0.4, -0.2) is 11.0 Å². The molecule has 0 amide bonds. The van der Waals surface area contributed by atoms with Crippen molar-refractivity contribution in [2.45, 2.75) is 32.7 Å². The summed E-state index contributed by atoms with van der Waals surface area (Å²) in [6, 6.07) is 8.88. The number of rotatable bonds is 4. The van der Waals surface area contributed by atoms with Crippen LogP contribution >= 0.6 is 0 Å². The van der Waals surface area contributed by atoms with Gasteiger partial charge in [-0.3, -0.25) is 4.98 Å². The van der Waals surface area contributed by atoms with Gasteiger partial charge in [0.25, 0.3) is 0 Å². The monoisotopic (exact) mass is 214 g/mol. The summed E-state index contributed by atoms with van der Waals surface area (Å²) in [6.45, 7) is 4.43. The number of benzene rings is 1. The largest absolute Gasteiger partial charge is 0.382 e. The first kappa shape index (κ1) is 10.9. The van der Waals surface area contributed by atoms with Gasteiger partial charge >= 0.3 is 0 Å². The van der Waals surface area contributed by atoms with Crippen molar-refractivity contribution in [3.8, 4) is 0 Å². The van der Waals surface area contributed by atoms with Gasteiger partial charge in [0, 0.05) is 29.5 Å². The molecule has 1 aromatic heterocycles. The summed E-state index contributed by atoms with van der Waals surface area (Å²) in [7, 11) is 0. The van der Waals surface area contributed by atoms with Crippen LogP contribution < -0.4 is 5.32 Å². The number of anilines is 1. The van der Waals surface area contributed by atoms with E-state index < -0.39 is 0 Å². The molecular weight excluding hydrogens is 196 g/mol. The molecule has 1 atom stereocenters. The average Bonchev–Trinajstić information content (AvgIpc) is 2.30. The minimum atomic E-state index is 0.510. The van der Waals surface area contributed by atoms with Crippen LogP contribution in [-0.2, 0) is 0 Å². The van der Waals surface area contributed by atoms with Crippen LogP contribution in [0, 0.1) is 0 Å². The molecule has 0 aliphatic rings. The van der Waals surface area contributed by atoms with E-state index in [1.54, 1.807) is 0 Å². The molecule has 0 saturated carbocycles. The average molecular weight is 214 g/mol. The van der Waals surface area contributed by atoms with Gasteiger partial charge in [-0.25, -0.2) is 0 Å². The molecule has 0 fully saturated rings. The molecule has 0 aliphatic heterocycles. The van der Waals surface area contributed by atoms with Crippen LogP contribution in [0.1, 0.15) is 26.7 Å². The second-order valence-electron chi connectivity index (χ2n) is 4.24. The Hall–Kier alpha value is -1.57. The highest BCUT2D eigenvalue weighted by Crippen LogP contribution is 2.23. The number of fused-ring (bicyclic) bond motifs is 1. The summed E-state index contributed by atoms with van der Waals surface area (Å²) in [5.74, 6) is 0. The molecule has 1 aromatic carbocycles. The molecule has 1 N–H and O–H groups in total. The Morgan fingerprint density at radius 3 is 3.00 bits per heavy atom. The van der Waals surface area contributed by atoms with Gasteiger partial charge in [-0.15, -0.1) is 0 Å². The Kier molecular flexibility index (Phi) is 3.40. The maximum absolute atomic E-state index is 4.19.